The number of aryl methyl sites for hydroxylation is 1. The highest BCUT2D eigenvalue weighted by Crippen LogP contribution is 2.40. The van der Waals surface area contributed by atoms with E-state index in [0.717, 1.165) is 24.1 Å². The molecule has 1 aromatic carbocycles. The predicted molar refractivity (Wildman–Crippen MR) is 75.9 cm³/mol. The molecule has 3 heteroatoms. The summed E-state index contributed by atoms with van der Waals surface area (Å²) < 4.78 is 0. The van der Waals surface area contributed by atoms with Crippen LogP contribution in [0.3, 0.4) is 0 Å². The van der Waals surface area contributed by atoms with Crippen molar-refractivity contribution in [2.75, 3.05) is 5.32 Å². The number of hydrogen-bond acceptors (Lipinski definition) is 2. The molecule has 0 aromatic heterocycles. The van der Waals surface area contributed by atoms with Gasteiger partial charge in [-0.05, 0) is 30.5 Å². The summed E-state index contributed by atoms with van der Waals surface area (Å²) in [5.41, 5.74) is 3.10. The van der Waals surface area contributed by atoms with Crippen molar-refractivity contribution in [2.24, 2.45) is 0 Å². The van der Waals surface area contributed by atoms with E-state index in [-0.39, 0.29) is 11.2 Å². The van der Waals surface area contributed by atoms with Crippen molar-refractivity contribution in [1.82, 2.24) is 0 Å². The van der Waals surface area contributed by atoms with E-state index in [2.05, 4.69) is 36.5 Å². The maximum atomic E-state index is 12.2. The maximum Gasteiger partial charge on any atom is 0.252 e. The van der Waals surface area contributed by atoms with Gasteiger partial charge in [-0.1, -0.05) is 31.2 Å². The largest absolute Gasteiger partial charge is 0.321 e. The molecule has 0 radical (unpaired) electrons. The zero-order chi connectivity index (χ0) is 12.5. The third kappa shape index (κ3) is 1.99. The lowest BCUT2D eigenvalue weighted by Crippen LogP contribution is -2.20. The molecule has 0 bridgehead atoms. The fourth-order valence-electron chi connectivity index (χ4n) is 2.29. The van der Waals surface area contributed by atoms with Crippen LogP contribution in [0.15, 0.2) is 46.9 Å². The van der Waals surface area contributed by atoms with Crippen LogP contribution in [0.25, 0.3) is 0 Å². The number of benzene rings is 1. The number of allylic oxidation sites excluding steroid dienone is 3. The van der Waals surface area contributed by atoms with E-state index in [9.17, 15) is 4.79 Å². The molecule has 2 aliphatic rings. The van der Waals surface area contributed by atoms with E-state index in [1.165, 1.54) is 10.5 Å². The van der Waals surface area contributed by atoms with Crippen LogP contribution in [0, 0.1) is 0 Å². The van der Waals surface area contributed by atoms with Crippen molar-refractivity contribution in [2.45, 2.75) is 29.9 Å². The van der Waals surface area contributed by atoms with Gasteiger partial charge in [0.05, 0.1) is 5.69 Å². The molecular weight excluding hydrogens is 242 g/mol. The lowest BCUT2D eigenvalue weighted by molar-refractivity contribution is -0.112. The summed E-state index contributed by atoms with van der Waals surface area (Å²) in [6.07, 6.45) is 7.95. The van der Waals surface area contributed by atoms with Crippen molar-refractivity contribution in [3.63, 3.8) is 0 Å². The van der Waals surface area contributed by atoms with Gasteiger partial charge >= 0.3 is 0 Å². The molecule has 1 unspecified atom stereocenters. The van der Waals surface area contributed by atoms with Gasteiger partial charge in [0.15, 0.2) is 0 Å². The van der Waals surface area contributed by atoms with Crippen molar-refractivity contribution in [1.29, 1.82) is 0 Å². The Kier molecular flexibility index (Phi) is 3.00. The molecule has 2 nitrogen and oxygen atoms in total. The standard InChI is InChI=1S/C15H15NOS/c1-2-10-7-8-14-12(9-10)16-15(17)11-5-3-4-6-13(11)18-14/h3-5,7-9,13H,2,6H2,1H3,(H,16,17). The molecule has 0 saturated heterocycles. The Morgan fingerprint density at radius 1 is 1.44 bits per heavy atom. The van der Waals surface area contributed by atoms with Gasteiger partial charge < -0.3 is 5.32 Å². The second-order valence-electron chi connectivity index (χ2n) is 4.53. The number of hydrogen-bond donors (Lipinski definition) is 1. The molecule has 92 valence electrons. The number of anilines is 1. The lowest BCUT2D eigenvalue weighted by atomic mass is 10.0. The third-order valence-corrected chi connectivity index (χ3v) is 4.68. The first-order valence-electron chi connectivity index (χ1n) is 6.25. The van der Waals surface area contributed by atoms with Crippen molar-refractivity contribution in [3.05, 3.63) is 47.6 Å². The zero-order valence-electron chi connectivity index (χ0n) is 10.3. The van der Waals surface area contributed by atoms with Crippen molar-refractivity contribution < 1.29 is 4.79 Å². The van der Waals surface area contributed by atoms with E-state index in [1.54, 1.807) is 11.8 Å². The third-order valence-electron chi connectivity index (χ3n) is 3.34. The number of nitrogens with one attached hydrogen (secondary N) is 1. The second kappa shape index (κ2) is 4.65. The number of thioether (sulfide) groups is 1. The van der Waals surface area contributed by atoms with Crippen LogP contribution in [0.5, 0.6) is 0 Å². The molecule has 1 atom stereocenters. The molecule has 1 aliphatic carbocycles. The highest BCUT2D eigenvalue weighted by atomic mass is 32.2. The fraction of sp³-hybridized carbons (Fsp3) is 0.267. The Morgan fingerprint density at radius 2 is 2.33 bits per heavy atom. The molecule has 0 spiro atoms. The number of amides is 1. The molecule has 0 saturated carbocycles. The zero-order valence-corrected chi connectivity index (χ0v) is 11.1. The Bertz CT molecular complexity index is 560. The maximum absolute atomic E-state index is 12.2. The summed E-state index contributed by atoms with van der Waals surface area (Å²) in [7, 11) is 0. The molecule has 1 heterocycles. The minimum absolute atomic E-state index is 0.0452. The summed E-state index contributed by atoms with van der Waals surface area (Å²) in [4.78, 5) is 13.4. The topological polar surface area (TPSA) is 29.1 Å². The SMILES string of the molecule is CCc1ccc2c(c1)NC(=O)C1=CC=CCC1S2. The number of carbonyl (C=O) groups is 1. The first kappa shape index (κ1) is 11.6. The van der Waals surface area contributed by atoms with E-state index in [1.807, 2.05) is 12.2 Å². The quantitative estimate of drug-likeness (QED) is 0.833. The minimum Gasteiger partial charge on any atom is -0.321 e. The molecule has 0 fully saturated rings. The monoisotopic (exact) mass is 257 g/mol. The van der Waals surface area contributed by atoms with Crippen LogP contribution < -0.4 is 5.32 Å². The Morgan fingerprint density at radius 3 is 3.17 bits per heavy atom. The first-order valence-corrected chi connectivity index (χ1v) is 7.13. The Balaban J connectivity index is 2.02. The number of fused-ring (bicyclic) bond motifs is 2. The Hall–Kier alpha value is -1.48. The van der Waals surface area contributed by atoms with Gasteiger partial charge in [-0.15, -0.1) is 11.8 Å². The van der Waals surface area contributed by atoms with Gasteiger partial charge in [0.1, 0.15) is 0 Å². The molecule has 1 aliphatic heterocycles. The second-order valence-corrected chi connectivity index (χ2v) is 5.78. The van der Waals surface area contributed by atoms with Gasteiger partial charge in [0.2, 0.25) is 0 Å². The molecular formula is C15H15NOS. The molecule has 18 heavy (non-hydrogen) atoms. The van der Waals surface area contributed by atoms with Crippen LogP contribution in [0.2, 0.25) is 0 Å². The van der Waals surface area contributed by atoms with Crippen LogP contribution in [-0.2, 0) is 11.2 Å². The van der Waals surface area contributed by atoms with E-state index in [0.29, 0.717) is 0 Å². The van der Waals surface area contributed by atoms with Crippen LogP contribution in [0.4, 0.5) is 5.69 Å². The molecule has 1 N–H and O–H groups in total. The van der Waals surface area contributed by atoms with Gasteiger partial charge in [-0.2, -0.15) is 0 Å². The smallest absolute Gasteiger partial charge is 0.252 e. The minimum atomic E-state index is 0.0452. The normalized spacial score (nSPS) is 21.5. The summed E-state index contributed by atoms with van der Waals surface area (Å²) in [6.45, 7) is 2.12. The van der Waals surface area contributed by atoms with Crippen LogP contribution >= 0.6 is 11.8 Å². The fourth-order valence-corrected chi connectivity index (χ4v) is 3.50. The van der Waals surface area contributed by atoms with Crippen molar-refractivity contribution in [3.8, 4) is 0 Å². The molecule has 1 amide bonds. The van der Waals surface area contributed by atoms with Gasteiger partial charge in [-0.3, -0.25) is 4.79 Å². The summed E-state index contributed by atoms with van der Waals surface area (Å²) in [6, 6.07) is 6.36. The predicted octanol–water partition coefficient (Wildman–Crippen LogP) is 3.55. The average molecular weight is 257 g/mol. The summed E-state index contributed by atoms with van der Waals surface area (Å²) in [5.74, 6) is 0.0452. The van der Waals surface area contributed by atoms with E-state index >= 15 is 0 Å². The van der Waals surface area contributed by atoms with E-state index in [4.69, 9.17) is 0 Å². The van der Waals surface area contributed by atoms with Crippen LogP contribution in [0.1, 0.15) is 18.9 Å². The first-order chi connectivity index (χ1) is 8.78. The van der Waals surface area contributed by atoms with Gasteiger partial charge in [0.25, 0.3) is 5.91 Å². The number of rotatable bonds is 1. The van der Waals surface area contributed by atoms with Crippen molar-refractivity contribution >= 4 is 23.4 Å². The highest BCUT2D eigenvalue weighted by Gasteiger charge is 2.27. The molecule has 3 rings (SSSR count). The molecule has 1 aromatic rings. The highest BCUT2D eigenvalue weighted by molar-refractivity contribution is 8.00. The van der Waals surface area contributed by atoms with Gasteiger partial charge in [0, 0.05) is 15.7 Å². The van der Waals surface area contributed by atoms with Gasteiger partial charge in [-0.25, -0.2) is 0 Å². The average Bonchev–Trinajstić information content (AvgIpc) is 2.54. The number of carbonyl (C=O) groups excluding carboxylic acids is 1. The Labute approximate surface area is 111 Å². The van der Waals surface area contributed by atoms with E-state index < -0.39 is 0 Å². The van der Waals surface area contributed by atoms with Crippen LogP contribution in [-0.4, -0.2) is 11.2 Å². The summed E-state index contributed by atoms with van der Waals surface area (Å²) >= 11 is 1.78. The summed E-state index contributed by atoms with van der Waals surface area (Å²) in [5, 5.41) is 3.29. The lowest BCUT2D eigenvalue weighted by Gasteiger charge is -2.16.